The predicted octanol–water partition coefficient (Wildman–Crippen LogP) is 0.595. The summed E-state index contributed by atoms with van der Waals surface area (Å²) < 4.78 is 5.12. The number of hydrogen-bond acceptors (Lipinski definition) is 2. The zero-order chi connectivity index (χ0) is 9.72. The third-order valence-corrected chi connectivity index (χ3v) is 1.66. The van der Waals surface area contributed by atoms with E-state index in [1.54, 1.807) is 0 Å². The van der Waals surface area contributed by atoms with Crippen molar-refractivity contribution in [2.45, 2.75) is 46.3 Å². The minimum atomic E-state index is -0.212. The Morgan fingerprint density at radius 3 is 2.17 bits per heavy atom. The molecule has 2 unspecified atom stereocenters. The van der Waals surface area contributed by atoms with Crippen LogP contribution in [-0.2, 0) is 9.53 Å². The largest absolute Gasteiger partial charge is 0.456 e. The zero-order valence-electron chi connectivity index (χ0n) is 8.46. The van der Waals surface area contributed by atoms with Crippen LogP contribution in [0.5, 0.6) is 0 Å². The summed E-state index contributed by atoms with van der Waals surface area (Å²) in [5, 5.41) is 0. The first-order valence-corrected chi connectivity index (χ1v) is 4.43. The van der Waals surface area contributed by atoms with E-state index in [0.717, 1.165) is 6.42 Å². The van der Waals surface area contributed by atoms with E-state index in [9.17, 15) is 4.79 Å². The minimum absolute atomic E-state index is 0.0255. The Morgan fingerprint density at radius 2 is 1.92 bits per heavy atom. The third kappa shape index (κ3) is 5.13. The van der Waals surface area contributed by atoms with Crippen LogP contribution in [0.4, 0.5) is 0 Å². The molecule has 0 radical (unpaired) electrons. The van der Waals surface area contributed by atoms with E-state index in [-0.39, 0.29) is 18.1 Å². The van der Waals surface area contributed by atoms with E-state index < -0.39 is 0 Å². The first kappa shape index (κ1) is 11.4. The minimum Gasteiger partial charge on any atom is -0.456 e. The van der Waals surface area contributed by atoms with E-state index in [1.807, 2.05) is 6.92 Å². The van der Waals surface area contributed by atoms with Gasteiger partial charge in [0.1, 0.15) is 6.04 Å². The van der Waals surface area contributed by atoms with Crippen molar-refractivity contribution < 1.29 is 15.3 Å². The van der Waals surface area contributed by atoms with Gasteiger partial charge in [0.05, 0.1) is 0 Å². The van der Waals surface area contributed by atoms with Crippen LogP contribution in [0.1, 0.15) is 34.1 Å². The Labute approximate surface area is 74.3 Å². The van der Waals surface area contributed by atoms with Gasteiger partial charge in [-0.3, -0.25) is 4.79 Å². The van der Waals surface area contributed by atoms with E-state index >= 15 is 0 Å². The average Bonchev–Trinajstić information content (AvgIpc) is 1.83. The summed E-state index contributed by atoms with van der Waals surface area (Å²) in [7, 11) is 0. The van der Waals surface area contributed by atoms with E-state index in [1.165, 1.54) is 6.92 Å². The van der Waals surface area contributed by atoms with Crippen molar-refractivity contribution in [3.8, 4) is 0 Å². The van der Waals surface area contributed by atoms with Gasteiger partial charge >= 0.3 is 5.97 Å². The molecule has 0 amide bonds. The van der Waals surface area contributed by atoms with Crippen molar-refractivity contribution in [3.05, 3.63) is 0 Å². The lowest BCUT2D eigenvalue weighted by Crippen LogP contribution is -2.65. The van der Waals surface area contributed by atoms with Crippen molar-refractivity contribution in [2.24, 2.45) is 5.92 Å². The van der Waals surface area contributed by atoms with Crippen LogP contribution in [0.3, 0.4) is 0 Å². The third-order valence-electron chi connectivity index (χ3n) is 1.66. The number of carbonyl (C=O) groups is 1. The summed E-state index contributed by atoms with van der Waals surface area (Å²) in [5.74, 6) is 0.328. The van der Waals surface area contributed by atoms with Crippen molar-refractivity contribution in [2.75, 3.05) is 0 Å². The highest BCUT2D eigenvalue weighted by Gasteiger charge is 2.20. The number of ether oxygens (including phenoxy) is 1. The molecule has 0 aliphatic rings. The average molecular weight is 174 g/mol. The maximum atomic E-state index is 10.7. The SMILES string of the molecule is CC(=O)OC(CC(C)C)C(C)[NH3+]. The molecular formula is C9H20NO2+. The van der Waals surface area contributed by atoms with Crippen molar-refractivity contribution in [1.29, 1.82) is 0 Å². The molecule has 0 aromatic rings. The molecule has 12 heavy (non-hydrogen) atoms. The molecule has 0 aliphatic heterocycles. The van der Waals surface area contributed by atoms with Gasteiger partial charge in [-0.05, 0) is 19.3 Å². The Hall–Kier alpha value is -0.570. The predicted molar refractivity (Wildman–Crippen MR) is 47.4 cm³/mol. The quantitative estimate of drug-likeness (QED) is 0.634. The maximum absolute atomic E-state index is 10.7. The van der Waals surface area contributed by atoms with Gasteiger partial charge < -0.3 is 10.5 Å². The molecule has 3 N–H and O–H groups in total. The number of carbonyl (C=O) groups excluding carboxylic acids is 1. The van der Waals surface area contributed by atoms with Gasteiger partial charge in [0.25, 0.3) is 0 Å². The molecule has 0 aliphatic carbocycles. The van der Waals surface area contributed by atoms with Gasteiger partial charge in [-0.2, -0.15) is 0 Å². The molecule has 3 heteroatoms. The van der Waals surface area contributed by atoms with Gasteiger partial charge in [0.2, 0.25) is 0 Å². The molecule has 0 fully saturated rings. The fourth-order valence-electron chi connectivity index (χ4n) is 1.07. The summed E-state index contributed by atoms with van der Waals surface area (Å²) in [6.07, 6.45) is 0.868. The van der Waals surface area contributed by atoms with Crippen LogP contribution in [0.25, 0.3) is 0 Å². The highest BCUT2D eigenvalue weighted by molar-refractivity contribution is 5.66. The fourth-order valence-corrected chi connectivity index (χ4v) is 1.07. The second kappa shape index (κ2) is 5.14. The van der Waals surface area contributed by atoms with Gasteiger partial charge in [-0.25, -0.2) is 0 Å². The van der Waals surface area contributed by atoms with Gasteiger partial charge in [0.15, 0.2) is 6.10 Å². The molecule has 0 bridgehead atoms. The zero-order valence-corrected chi connectivity index (χ0v) is 8.46. The highest BCUT2D eigenvalue weighted by atomic mass is 16.5. The topological polar surface area (TPSA) is 53.9 Å². The molecule has 0 saturated carbocycles. The van der Waals surface area contributed by atoms with Crippen molar-refractivity contribution in [1.82, 2.24) is 0 Å². The molecule has 0 heterocycles. The summed E-state index contributed by atoms with van der Waals surface area (Å²) in [4.78, 5) is 10.7. The second-order valence-corrected chi connectivity index (χ2v) is 3.75. The van der Waals surface area contributed by atoms with E-state index in [0.29, 0.717) is 5.92 Å². The van der Waals surface area contributed by atoms with Crippen LogP contribution >= 0.6 is 0 Å². The molecule has 0 aromatic heterocycles. The molecule has 0 saturated heterocycles. The summed E-state index contributed by atoms with van der Waals surface area (Å²) in [5.41, 5.74) is 3.87. The first-order chi connectivity index (χ1) is 5.43. The molecule has 2 atom stereocenters. The molecular weight excluding hydrogens is 154 g/mol. The second-order valence-electron chi connectivity index (χ2n) is 3.75. The van der Waals surface area contributed by atoms with Crippen molar-refractivity contribution >= 4 is 5.97 Å². The van der Waals surface area contributed by atoms with Crippen LogP contribution in [0.15, 0.2) is 0 Å². The van der Waals surface area contributed by atoms with Gasteiger partial charge in [-0.15, -0.1) is 0 Å². The molecule has 0 rings (SSSR count). The van der Waals surface area contributed by atoms with Crippen LogP contribution in [-0.4, -0.2) is 18.1 Å². The molecule has 72 valence electrons. The van der Waals surface area contributed by atoms with Crippen LogP contribution in [0.2, 0.25) is 0 Å². The summed E-state index contributed by atoms with van der Waals surface area (Å²) in [6, 6.07) is 0.163. The van der Waals surface area contributed by atoms with Crippen LogP contribution < -0.4 is 5.73 Å². The Bertz CT molecular complexity index is 143. The fraction of sp³-hybridized carbons (Fsp3) is 0.889. The maximum Gasteiger partial charge on any atom is 0.303 e. The van der Waals surface area contributed by atoms with E-state index in [2.05, 4.69) is 19.6 Å². The highest BCUT2D eigenvalue weighted by Crippen LogP contribution is 2.10. The lowest BCUT2D eigenvalue weighted by Gasteiger charge is -2.19. The number of hydrogen-bond donors (Lipinski definition) is 1. The van der Waals surface area contributed by atoms with Gasteiger partial charge in [0, 0.05) is 6.92 Å². The Balaban J connectivity index is 3.95. The Kier molecular flexibility index (Phi) is 4.90. The van der Waals surface area contributed by atoms with Crippen molar-refractivity contribution in [3.63, 3.8) is 0 Å². The lowest BCUT2D eigenvalue weighted by atomic mass is 10.0. The number of quaternary nitrogens is 1. The lowest BCUT2D eigenvalue weighted by molar-refractivity contribution is -0.432. The Morgan fingerprint density at radius 1 is 1.42 bits per heavy atom. The molecule has 0 spiro atoms. The van der Waals surface area contributed by atoms with Crippen LogP contribution in [0, 0.1) is 5.92 Å². The molecule has 3 nitrogen and oxygen atoms in total. The van der Waals surface area contributed by atoms with E-state index in [4.69, 9.17) is 4.74 Å². The van der Waals surface area contributed by atoms with Gasteiger partial charge in [-0.1, -0.05) is 13.8 Å². The number of rotatable bonds is 4. The normalized spacial score (nSPS) is 15.8. The summed E-state index contributed by atoms with van der Waals surface area (Å²) >= 11 is 0. The number of esters is 1. The smallest absolute Gasteiger partial charge is 0.303 e. The summed E-state index contributed by atoms with van der Waals surface area (Å²) in [6.45, 7) is 7.63. The first-order valence-electron chi connectivity index (χ1n) is 4.43. The standard InChI is InChI=1S/C9H19NO2/c1-6(2)5-9(7(3)10)12-8(4)11/h6-7,9H,5,10H2,1-4H3/p+1. The monoisotopic (exact) mass is 174 g/mol. The molecule has 0 aromatic carbocycles.